The summed E-state index contributed by atoms with van der Waals surface area (Å²) < 4.78 is 25.2. The number of anilines is 1. The molecule has 0 aliphatic carbocycles. The Labute approximate surface area is 164 Å². The van der Waals surface area contributed by atoms with Crippen LogP contribution in [0.5, 0.6) is 0 Å². The van der Waals surface area contributed by atoms with Crippen molar-refractivity contribution >= 4 is 43.8 Å². The van der Waals surface area contributed by atoms with Crippen molar-refractivity contribution in [2.75, 3.05) is 5.32 Å². The maximum absolute atomic E-state index is 12.6. The zero-order chi connectivity index (χ0) is 19.6. The van der Waals surface area contributed by atoms with Crippen molar-refractivity contribution in [1.29, 1.82) is 0 Å². The second-order valence-corrected chi connectivity index (χ2v) is 9.15. The molecule has 0 aliphatic rings. The van der Waals surface area contributed by atoms with Gasteiger partial charge in [-0.15, -0.1) is 10.2 Å². The smallest absolute Gasteiger partial charge is 0.277 e. The van der Waals surface area contributed by atoms with Crippen LogP contribution in [0.4, 0.5) is 5.13 Å². The molecule has 0 radical (unpaired) electrons. The lowest BCUT2D eigenvalue weighted by atomic mass is 10.2. The van der Waals surface area contributed by atoms with E-state index in [2.05, 4.69) is 25.5 Å². The van der Waals surface area contributed by atoms with Crippen molar-refractivity contribution in [1.82, 2.24) is 20.2 Å². The predicted molar refractivity (Wildman–Crippen MR) is 102 cm³/mol. The number of sulfone groups is 1. The van der Waals surface area contributed by atoms with Crippen molar-refractivity contribution in [2.24, 2.45) is 0 Å². The summed E-state index contributed by atoms with van der Waals surface area (Å²) in [4.78, 5) is 20.0. The highest BCUT2D eigenvalue weighted by molar-refractivity contribution is 7.90. The zero-order valence-corrected chi connectivity index (χ0v) is 16.7. The number of halogens is 1. The summed E-state index contributed by atoms with van der Waals surface area (Å²) in [7, 11) is -3.85. The van der Waals surface area contributed by atoms with Gasteiger partial charge < -0.3 is 0 Å². The number of aromatic nitrogens is 4. The third kappa shape index (κ3) is 4.65. The fourth-order valence-corrected chi connectivity index (χ4v) is 4.10. The van der Waals surface area contributed by atoms with Crippen LogP contribution in [0.3, 0.4) is 0 Å². The minimum absolute atomic E-state index is 0.0666. The first-order chi connectivity index (χ1) is 12.7. The zero-order valence-electron chi connectivity index (χ0n) is 14.3. The number of carbonyl (C=O) groups excluding carboxylic acids is 1. The number of aryl methyl sites for hydroxylation is 2. The van der Waals surface area contributed by atoms with Gasteiger partial charge in [-0.05, 0) is 19.4 Å². The summed E-state index contributed by atoms with van der Waals surface area (Å²) in [5.74, 6) is -0.976. The molecule has 1 amide bonds. The van der Waals surface area contributed by atoms with Gasteiger partial charge in [0.1, 0.15) is 5.01 Å². The highest BCUT2D eigenvalue weighted by Crippen LogP contribution is 2.20. The van der Waals surface area contributed by atoms with Crippen LogP contribution in [-0.2, 0) is 15.6 Å². The number of hydrogen-bond donors (Lipinski definition) is 1. The van der Waals surface area contributed by atoms with Crippen LogP contribution in [0.2, 0.25) is 5.02 Å². The topological polar surface area (TPSA) is 115 Å². The first kappa shape index (κ1) is 19.3. The Bertz CT molecular complexity index is 1100. The van der Waals surface area contributed by atoms with Gasteiger partial charge >= 0.3 is 0 Å². The van der Waals surface area contributed by atoms with Gasteiger partial charge in [-0.25, -0.2) is 18.4 Å². The lowest BCUT2D eigenvalue weighted by molar-refractivity contribution is 0.102. The van der Waals surface area contributed by atoms with E-state index in [1.807, 2.05) is 19.1 Å². The van der Waals surface area contributed by atoms with Gasteiger partial charge in [0, 0.05) is 0 Å². The molecule has 11 heteroatoms. The first-order valence-corrected chi connectivity index (χ1v) is 10.5. The molecule has 3 rings (SSSR count). The largest absolute Gasteiger partial charge is 0.295 e. The molecule has 0 fully saturated rings. The number of nitrogens with zero attached hydrogens (tertiary/aromatic N) is 4. The van der Waals surface area contributed by atoms with E-state index in [0.717, 1.165) is 11.8 Å². The van der Waals surface area contributed by atoms with E-state index >= 15 is 0 Å². The minimum atomic E-state index is -3.85. The average Bonchev–Trinajstić information content (AvgIpc) is 3.01. The quantitative estimate of drug-likeness (QED) is 0.627. The van der Waals surface area contributed by atoms with E-state index in [1.165, 1.54) is 11.3 Å². The maximum atomic E-state index is 12.6. The lowest BCUT2D eigenvalue weighted by Crippen LogP contribution is -2.18. The van der Waals surface area contributed by atoms with Crippen molar-refractivity contribution in [3.8, 4) is 0 Å². The SMILES string of the molecule is Cc1ccc(CS(=O)(=O)c2ncc(Cl)c(C(=O)Nc3nnc(C)s3)n2)cc1. The van der Waals surface area contributed by atoms with Crippen LogP contribution >= 0.6 is 22.9 Å². The van der Waals surface area contributed by atoms with E-state index in [9.17, 15) is 13.2 Å². The Hall–Kier alpha value is -2.43. The minimum Gasteiger partial charge on any atom is -0.295 e. The third-order valence-corrected chi connectivity index (χ3v) is 5.94. The summed E-state index contributed by atoms with van der Waals surface area (Å²) in [6.07, 6.45) is 1.09. The van der Waals surface area contributed by atoms with Gasteiger partial charge in [0.05, 0.1) is 17.0 Å². The molecule has 1 aromatic carbocycles. The van der Waals surface area contributed by atoms with Crippen molar-refractivity contribution < 1.29 is 13.2 Å². The van der Waals surface area contributed by atoms with Gasteiger partial charge in [-0.1, -0.05) is 52.8 Å². The Morgan fingerprint density at radius 3 is 2.52 bits per heavy atom. The number of rotatable bonds is 5. The average molecular weight is 424 g/mol. The predicted octanol–water partition coefficient (Wildman–Crippen LogP) is 2.82. The Morgan fingerprint density at radius 1 is 1.19 bits per heavy atom. The molecule has 0 spiro atoms. The molecule has 140 valence electrons. The highest BCUT2D eigenvalue weighted by Gasteiger charge is 2.23. The monoisotopic (exact) mass is 423 g/mol. The van der Waals surface area contributed by atoms with Gasteiger partial charge in [0.2, 0.25) is 20.1 Å². The molecule has 0 bridgehead atoms. The van der Waals surface area contributed by atoms with Crippen LogP contribution in [0.15, 0.2) is 35.6 Å². The van der Waals surface area contributed by atoms with Crippen molar-refractivity contribution in [2.45, 2.75) is 24.8 Å². The number of benzene rings is 1. The molecule has 0 saturated heterocycles. The molecule has 27 heavy (non-hydrogen) atoms. The van der Waals surface area contributed by atoms with Gasteiger partial charge in [0.15, 0.2) is 5.69 Å². The van der Waals surface area contributed by atoms with E-state index in [1.54, 1.807) is 19.1 Å². The molecular weight excluding hydrogens is 410 g/mol. The molecule has 0 saturated carbocycles. The molecule has 0 unspecified atom stereocenters. The lowest BCUT2D eigenvalue weighted by Gasteiger charge is -2.07. The molecule has 0 atom stereocenters. The maximum Gasteiger partial charge on any atom is 0.277 e. The molecule has 1 N–H and O–H groups in total. The van der Waals surface area contributed by atoms with E-state index in [-0.39, 0.29) is 21.6 Å². The molecule has 8 nitrogen and oxygen atoms in total. The van der Waals surface area contributed by atoms with Crippen molar-refractivity contribution in [3.63, 3.8) is 0 Å². The van der Waals surface area contributed by atoms with Gasteiger partial charge in [0.25, 0.3) is 5.91 Å². The second kappa shape index (κ2) is 7.67. The molecule has 0 aliphatic heterocycles. The Kier molecular flexibility index (Phi) is 5.49. The third-order valence-electron chi connectivity index (χ3n) is 3.44. The normalized spacial score (nSPS) is 11.4. The first-order valence-electron chi connectivity index (χ1n) is 7.67. The Morgan fingerprint density at radius 2 is 1.89 bits per heavy atom. The summed E-state index contributed by atoms with van der Waals surface area (Å²) in [6, 6.07) is 7.06. The molecule has 2 aromatic heterocycles. The molecule has 2 heterocycles. The summed E-state index contributed by atoms with van der Waals surface area (Å²) >= 11 is 7.15. The molecular formula is C16H14ClN5O3S2. The number of carbonyl (C=O) groups is 1. The van der Waals surface area contributed by atoms with Crippen LogP contribution in [0.25, 0.3) is 0 Å². The van der Waals surface area contributed by atoms with E-state index < -0.39 is 20.9 Å². The van der Waals surface area contributed by atoms with Gasteiger partial charge in [-0.2, -0.15) is 0 Å². The Balaban J connectivity index is 1.87. The van der Waals surface area contributed by atoms with Crippen LogP contribution in [-0.4, -0.2) is 34.5 Å². The number of hydrogen-bond acceptors (Lipinski definition) is 8. The highest BCUT2D eigenvalue weighted by atomic mass is 35.5. The standard InChI is InChI=1S/C16H14ClN5O3S2/c1-9-3-5-11(6-4-9)8-27(24,25)16-18-7-12(17)13(19-16)14(23)20-15-22-21-10(2)26-15/h3-7H,8H2,1-2H3,(H,20,22,23). The number of nitrogens with one attached hydrogen (secondary N) is 1. The van der Waals surface area contributed by atoms with Crippen molar-refractivity contribution in [3.05, 3.63) is 57.3 Å². The fraction of sp³-hybridized carbons (Fsp3) is 0.188. The van der Waals surface area contributed by atoms with E-state index in [0.29, 0.717) is 10.6 Å². The van der Waals surface area contributed by atoms with Crippen LogP contribution < -0.4 is 5.32 Å². The number of amides is 1. The fourth-order valence-electron chi connectivity index (χ4n) is 2.13. The summed E-state index contributed by atoms with van der Waals surface area (Å²) in [6.45, 7) is 3.64. The van der Waals surface area contributed by atoms with E-state index in [4.69, 9.17) is 11.6 Å². The van der Waals surface area contributed by atoms with Crippen LogP contribution in [0, 0.1) is 13.8 Å². The second-order valence-electron chi connectivity index (χ2n) is 5.67. The molecule has 3 aromatic rings. The van der Waals surface area contributed by atoms with Crippen LogP contribution in [0.1, 0.15) is 26.6 Å². The summed E-state index contributed by atoms with van der Waals surface area (Å²) in [5, 5.41) is 10.4. The van der Waals surface area contributed by atoms with Gasteiger partial charge in [-0.3, -0.25) is 10.1 Å². The summed E-state index contributed by atoms with van der Waals surface area (Å²) in [5.41, 5.74) is 1.36.